The Labute approximate surface area is 270 Å². The smallest absolute Gasteiger partial charge is 0.465 e. The summed E-state index contributed by atoms with van der Waals surface area (Å²) in [6.07, 6.45) is -1.38. The first-order chi connectivity index (χ1) is 22.0. The second kappa shape index (κ2) is 17.0. The van der Waals surface area contributed by atoms with Crippen molar-refractivity contribution in [3.8, 4) is 0 Å². The predicted octanol–water partition coefficient (Wildman–Crippen LogP) is 9.08. The number of benzene rings is 2. The highest BCUT2D eigenvalue weighted by atomic mass is 19.4. The molecular weight excluding hydrogens is 603 g/mol. The van der Waals surface area contributed by atoms with Crippen LogP contribution in [-0.2, 0) is 14.3 Å². The summed E-state index contributed by atoms with van der Waals surface area (Å²) < 4.78 is 75.8. The van der Waals surface area contributed by atoms with Gasteiger partial charge in [-0.25, -0.2) is 13.6 Å². The fraction of sp³-hybridized carbons (Fsp3) is 0.639. The molecule has 10 heteroatoms. The fourth-order valence-corrected chi connectivity index (χ4v) is 7.36. The molecule has 0 amide bonds. The average molecular weight is 653 g/mol. The number of carbonyl (C=O) groups excluding carboxylic acids is 1. The Morgan fingerprint density at radius 2 is 1.65 bits per heavy atom. The lowest BCUT2D eigenvalue weighted by molar-refractivity contribution is -0.345. The largest absolute Gasteiger partial charge is 0.522 e. The first-order valence-electron chi connectivity index (χ1n) is 16.8. The van der Waals surface area contributed by atoms with Gasteiger partial charge < -0.3 is 9.64 Å². The van der Waals surface area contributed by atoms with Crippen molar-refractivity contribution >= 4 is 5.97 Å². The van der Waals surface area contributed by atoms with Crippen molar-refractivity contribution in [1.29, 1.82) is 0 Å². The van der Waals surface area contributed by atoms with Crippen LogP contribution < -0.4 is 0 Å². The lowest BCUT2D eigenvalue weighted by Gasteiger charge is -2.35. The first kappa shape index (κ1) is 36.3. The Hall–Kier alpha value is -2.56. The lowest BCUT2D eigenvalue weighted by Crippen LogP contribution is -2.35. The van der Waals surface area contributed by atoms with Crippen molar-refractivity contribution in [1.82, 2.24) is 9.80 Å². The Morgan fingerprint density at radius 3 is 2.30 bits per heavy atom. The average Bonchev–Trinajstić information content (AvgIpc) is 3.02. The predicted molar refractivity (Wildman–Crippen MR) is 169 cm³/mol. The molecule has 46 heavy (non-hydrogen) atoms. The van der Waals surface area contributed by atoms with Crippen LogP contribution in [0.1, 0.15) is 117 Å². The maximum absolute atomic E-state index is 13.6. The maximum atomic E-state index is 13.6. The molecule has 256 valence electrons. The second-order valence-corrected chi connectivity index (χ2v) is 12.9. The van der Waals surface area contributed by atoms with Gasteiger partial charge in [0.2, 0.25) is 0 Å². The van der Waals surface area contributed by atoms with Crippen LogP contribution in [0.3, 0.4) is 0 Å². The van der Waals surface area contributed by atoms with Crippen molar-refractivity contribution in [2.45, 2.75) is 108 Å². The van der Waals surface area contributed by atoms with Gasteiger partial charge in [0.1, 0.15) is 6.04 Å². The summed E-state index contributed by atoms with van der Waals surface area (Å²) >= 11 is 0. The van der Waals surface area contributed by atoms with E-state index in [9.17, 15) is 26.7 Å². The molecule has 2 fully saturated rings. The van der Waals surface area contributed by atoms with Crippen molar-refractivity contribution in [3.63, 3.8) is 0 Å². The topological polar surface area (TPSA) is 42.0 Å². The summed E-state index contributed by atoms with van der Waals surface area (Å²) in [6.45, 7) is 7.46. The summed E-state index contributed by atoms with van der Waals surface area (Å²) in [7, 11) is 1.89. The zero-order chi connectivity index (χ0) is 33.3. The monoisotopic (exact) mass is 652 g/mol. The molecule has 0 N–H and O–H groups in total. The molecule has 0 bridgehead atoms. The van der Waals surface area contributed by atoms with Crippen LogP contribution in [-0.4, -0.2) is 68.1 Å². The number of aryl methyl sites for hydroxylation is 1. The van der Waals surface area contributed by atoms with Crippen LogP contribution in [0.25, 0.3) is 0 Å². The minimum absolute atomic E-state index is 0.0102. The number of likely N-dealkylation sites (N-methyl/N-ethyl adjacent to an activating group) is 1. The van der Waals surface area contributed by atoms with Crippen LogP contribution in [0.4, 0.5) is 22.0 Å². The number of esters is 1. The van der Waals surface area contributed by atoms with E-state index < -0.39 is 24.9 Å². The number of hydrogen-bond donors (Lipinski definition) is 0. The molecule has 5 nitrogen and oxygen atoms in total. The summed E-state index contributed by atoms with van der Waals surface area (Å²) in [5, 5.41) is 0. The Morgan fingerprint density at radius 1 is 0.978 bits per heavy atom. The highest BCUT2D eigenvalue weighted by Gasteiger charge is 2.37. The van der Waals surface area contributed by atoms with Gasteiger partial charge >= 0.3 is 12.3 Å². The number of hydrogen-bond acceptors (Lipinski definition) is 5. The maximum Gasteiger partial charge on any atom is 0.522 e. The summed E-state index contributed by atoms with van der Waals surface area (Å²) in [6, 6.07) is 11.8. The lowest BCUT2D eigenvalue weighted by atomic mass is 9.77. The van der Waals surface area contributed by atoms with E-state index in [-0.39, 0.29) is 42.8 Å². The van der Waals surface area contributed by atoms with E-state index in [4.69, 9.17) is 4.74 Å². The van der Waals surface area contributed by atoms with Crippen LogP contribution in [0.5, 0.6) is 0 Å². The van der Waals surface area contributed by atoms with Crippen LogP contribution in [0, 0.1) is 6.92 Å². The molecule has 4 rings (SSSR count). The van der Waals surface area contributed by atoms with Crippen LogP contribution >= 0.6 is 0 Å². The highest BCUT2D eigenvalue weighted by molar-refractivity contribution is 5.78. The third-order valence-electron chi connectivity index (χ3n) is 9.69. The van der Waals surface area contributed by atoms with Gasteiger partial charge in [0.05, 0.1) is 12.7 Å². The van der Waals surface area contributed by atoms with Crippen molar-refractivity contribution in [3.05, 3.63) is 70.3 Å². The number of halogens is 5. The minimum atomic E-state index is -4.66. The molecule has 0 spiro atoms. The van der Waals surface area contributed by atoms with Gasteiger partial charge in [-0.05, 0) is 139 Å². The molecule has 2 atom stereocenters. The van der Waals surface area contributed by atoms with E-state index in [1.165, 1.54) is 25.3 Å². The molecule has 1 heterocycles. The Balaban J connectivity index is 1.56. The Bertz CT molecular complexity index is 1240. The summed E-state index contributed by atoms with van der Waals surface area (Å²) in [5.41, 5.74) is 3.68. The molecule has 0 aromatic heterocycles. The summed E-state index contributed by atoms with van der Waals surface area (Å²) in [4.78, 5) is 18.0. The number of likely N-dealkylation sites (tertiary alicyclic amines) is 1. The van der Waals surface area contributed by atoms with Gasteiger partial charge in [-0.1, -0.05) is 42.8 Å². The molecule has 0 radical (unpaired) electrons. The molecule has 1 unspecified atom stereocenters. The number of alkyl halides is 5. The normalized spacial score (nSPS) is 21.0. The standard InChI is InChI=1S/C36H49F5N2O3/c1-4-45-35(44)33(31-13-8-10-25(2)32(31)27-14-16-30(17-15-27)46-36(39,40)41)42(3)22-18-26(19-23-43-20-6-5-7-21-43)28-11-9-12-29(24-28)34(37)38/h8-13,24,26-27,30,33-34H,4-7,14-23H2,1-3H3/t26-,27?,30?,33?/m1/s1. The van der Waals surface area contributed by atoms with Gasteiger partial charge in [0.15, 0.2) is 0 Å². The van der Waals surface area contributed by atoms with Crippen molar-refractivity contribution in [2.24, 2.45) is 0 Å². The molecule has 1 aliphatic heterocycles. The van der Waals surface area contributed by atoms with Crippen LogP contribution in [0.15, 0.2) is 42.5 Å². The third kappa shape index (κ3) is 10.2. The molecule has 2 aromatic rings. The van der Waals surface area contributed by atoms with E-state index in [2.05, 4.69) is 9.64 Å². The number of nitrogens with zero attached hydrogens (tertiary/aromatic N) is 2. The van der Waals surface area contributed by atoms with E-state index in [0.29, 0.717) is 25.8 Å². The van der Waals surface area contributed by atoms with E-state index in [0.717, 1.165) is 48.3 Å². The number of piperidine rings is 1. The quantitative estimate of drug-likeness (QED) is 0.151. The zero-order valence-corrected chi connectivity index (χ0v) is 27.3. The molecule has 1 aliphatic carbocycles. The van der Waals surface area contributed by atoms with Crippen molar-refractivity contribution < 1.29 is 36.2 Å². The van der Waals surface area contributed by atoms with Gasteiger partial charge in [0.25, 0.3) is 6.43 Å². The molecule has 1 saturated heterocycles. The first-order valence-corrected chi connectivity index (χ1v) is 16.8. The fourth-order valence-electron chi connectivity index (χ4n) is 7.36. The number of rotatable bonds is 14. The molecule has 2 aliphatic rings. The van der Waals surface area contributed by atoms with Crippen LogP contribution in [0.2, 0.25) is 0 Å². The van der Waals surface area contributed by atoms with Gasteiger partial charge in [0, 0.05) is 5.56 Å². The van der Waals surface area contributed by atoms with E-state index >= 15 is 0 Å². The third-order valence-corrected chi connectivity index (χ3v) is 9.69. The summed E-state index contributed by atoms with van der Waals surface area (Å²) in [5.74, 6) is -0.369. The second-order valence-electron chi connectivity index (χ2n) is 12.9. The number of ether oxygens (including phenoxy) is 2. The van der Waals surface area contributed by atoms with Gasteiger partial charge in [-0.2, -0.15) is 0 Å². The number of carbonyl (C=O) groups is 1. The molecule has 2 aromatic carbocycles. The molecule has 1 saturated carbocycles. The zero-order valence-electron chi connectivity index (χ0n) is 27.3. The SMILES string of the molecule is CCOC(=O)C(c1cccc(C)c1C1CCC(OC(F)(F)F)CC1)N(C)CC[C@H](CCN1CCCCC1)c1cccc(C(F)F)c1. The van der Waals surface area contributed by atoms with Gasteiger partial charge in [-0.15, -0.1) is 13.2 Å². The Kier molecular flexibility index (Phi) is 13.4. The van der Waals surface area contributed by atoms with E-state index in [1.54, 1.807) is 19.1 Å². The highest BCUT2D eigenvalue weighted by Crippen LogP contribution is 2.41. The van der Waals surface area contributed by atoms with Crippen molar-refractivity contribution in [2.75, 3.05) is 39.8 Å². The van der Waals surface area contributed by atoms with E-state index in [1.807, 2.05) is 43.1 Å². The molecular formula is C36H49F5N2O3. The van der Waals surface area contributed by atoms with Gasteiger partial charge in [-0.3, -0.25) is 9.64 Å². The minimum Gasteiger partial charge on any atom is -0.465 e.